The molecule has 0 aromatic heterocycles. The van der Waals surface area contributed by atoms with Crippen molar-refractivity contribution in [1.82, 2.24) is 4.90 Å². The van der Waals surface area contributed by atoms with Crippen LogP contribution in [0.3, 0.4) is 0 Å². The van der Waals surface area contributed by atoms with Gasteiger partial charge >= 0.3 is 0 Å². The van der Waals surface area contributed by atoms with Gasteiger partial charge in [0.2, 0.25) is 5.79 Å². The normalized spacial score (nSPS) is 37.1. The molecule has 0 saturated carbocycles. The average Bonchev–Trinajstić information content (AvgIpc) is 3.13. The third-order valence-corrected chi connectivity index (χ3v) is 12.0. The summed E-state index contributed by atoms with van der Waals surface area (Å²) in [5.74, 6) is -6.28. The Bertz CT molecular complexity index is 1460. The average molecular weight is 754 g/mol. The van der Waals surface area contributed by atoms with Gasteiger partial charge in [0, 0.05) is 57.1 Å². The van der Waals surface area contributed by atoms with E-state index >= 15 is 0 Å². The van der Waals surface area contributed by atoms with E-state index in [9.17, 15) is 34.2 Å². The second-order valence-electron chi connectivity index (χ2n) is 16.7. The number of methoxy groups -OCH3 is 1. The van der Waals surface area contributed by atoms with Crippen molar-refractivity contribution in [2.75, 3.05) is 13.7 Å². The van der Waals surface area contributed by atoms with Crippen molar-refractivity contribution in [3.8, 4) is 0 Å². The van der Waals surface area contributed by atoms with Gasteiger partial charge in [-0.15, -0.1) is 0 Å². The van der Waals surface area contributed by atoms with Gasteiger partial charge in [-0.3, -0.25) is 24.0 Å². The second-order valence-corrected chi connectivity index (χ2v) is 16.7. The van der Waals surface area contributed by atoms with E-state index in [1.165, 1.54) is 4.90 Å². The first kappa shape index (κ1) is 45.3. The van der Waals surface area contributed by atoms with Crippen LogP contribution in [0.5, 0.6) is 0 Å². The molecule has 2 bridgehead atoms. The largest absolute Gasteiger partial charge is 0.388 e. The number of ketones is 4. The van der Waals surface area contributed by atoms with Crippen molar-refractivity contribution in [2.45, 2.75) is 150 Å². The van der Waals surface area contributed by atoms with Gasteiger partial charge in [-0.05, 0) is 81.3 Å². The van der Waals surface area contributed by atoms with Gasteiger partial charge in [0.05, 0.1) is 24.4 Å². The summed E-state index contributed by atoms with van der Waals surface area (Å²) in [4.78, 5) is 69.7. The van der Waals surface area contributed by atoms with Crippen molar-refractivity contribution in [1.29, 1.82) is 0 Å². The molecule has 10 atom stereocenters. The number of Topliss-reactive ketones (excluding diaryl/α,β-unsaturated/α-hetero) is 4. The summed E-state index contributed by atoms with van der Waals surface area (Å²) in [6, 6.07) is -0.841. The van der Waals surface area contributed by atoms with Gasteiger partial charge in [0.1, 0.15) is 11.6 Å². The number of nitrogens with zero attached hydrogens (tertiary/aromatic N) is 1. The third-order valence-electron chi connectivity index (χ3n) is 12.0. The topological polar surface area (TPSA) is 148 Å². The maximum absolute atomic E-state index is 13.9. The van der Waals surface area contributed by atoms with Crippen LogP contribution in [0.4, 0.5) is 0 Å². The quantitative estimate of drug-likeness (QED) is 0.233. The molecule has 302 valence electrons. The van der Waals surface area contributed by atoms with Crippen molar-refractivity contribution >= 4 is 29.0 Å². The minimum absolute atomic E-state index is 0.0181. The van der Waals surface area contributed by atoms with Gasteiger partial charge in [0.25, 0.3) is 11.7 Å². The van der Waals surface area contributed by atoms with Crippen LogP contribution >= 0.6 is 0 Å². The first-order chi connectivity index (χ1) is 25.4. The lowest BCUT2D eigenvalue weighted by Gasteiger charge is -2.43. The first-order valence-corrected chi connectivity index (χ1v) is 20.1. The van der Waals surface area contributed by atoms with Crippen LogP contribution in [-0.2, 0) is 33.4 Å². The molecule has 10 nitrogen and oxygen atoms in total. The number of ether oxygens (including phenoxy) is 2. The van der Waals surface area contributed by atoms with E-state index in [2.05, 4.69) is 0 Å². The Balaban J connectivity index is 1.94. The number of piperidine rings is 1. The summed E-state index contributed by atoms with van der Waals surface area (Å²) < 4.78 is 11.9. The zero-order valence-electron chi connectivity index (χ0n) is 34.2. The Morgan fingerprint density at radius 2 is 1.54 bits per heavy atom. The number of amides is 1. The summed E-state index contributed by atoms with van der Waals surface area (Å²) >= 11 is 0. The fraction of sp³-hybridized carbons (Fsp3) is 0.705. The van der Waals surface area contributed by atoms with Crippen LogP contribution in [-0.4, -0.2) is 87.9 Å². The van der Waals surface area contributed by atoms with E-state index in [1.54, 1.807) is 34.0 Å². The summed E-state index contributed by atoms with van der Waals surface area (Å²) in [5, 5.41) is 22.7. The highest BCUT2D eigenvalue weighted by Gasteiger charge is 2.52. The van der Waals surface area contributed by atoms with Gasteiger partial charge in [-0.25, -0.2) is 0 Å². The molecule has 3 aliphatic rings. The van der Waals surface area contributed by atoms with Crippen LogP contribution in [0.1, 0.15) is 120 Å². The minimum Gasteiger partial charge on any atom is -0.388 e. The van der Waals surface area contributed by atoms with Gasteiger partial charge < -0.3 is 24.6 Å². The maximum atomic E-state index is 13.9. The lowest BCUT2D eigenvalue weighted by molar-refractivity contribution is -0.265. The Labute approximate surface area is 323 Å². The number of rotatable bonds is 2. The molecule has 3 rings (SSSR count). The smallest absolute Gasteiger partial charge is 0.296 e. The third kappa shape index (κ3) is 12.2. The fourth-order valence-corrected chi connectivity index (χ4v) is 7.94. The highest BCUT2D eigenvalue weighted by atomic mass is 16.6. The van der Waals surface area contributed by atoms with E-state index < -0.39 is 47.6 Å². The number of allylic oxidation sites excluding steroid dienone is 6. The number of carbonyl (C=O) groups excluding carboxylic acids is 5. The molecule has 0 aromatic carbocycles. The van der Waals surface area contributed by atoms with E-state index in [0.717, 1.165) is 5.57 Å². The van der Waals surface area contributed by atoms with E-state index in [-0.39, 0.29) is 72.9 Å². The molecule has 0 aromatic rings. The zero-order chi connectivity index (χ0) is 40.3. The molecular formula is C44H67NO9. The number of fused-ring (bicyclic) bond motifs is 3. The van der Waals surface area contributed by atoms with Gasteiger partial charge in [-0.2, -0.15) is 0 Å². The predicted molar refractivity (Wildman–Crippen MR) is 209 cm³/mol. The lowest BCUT2D eigenvalue weighted by Crippen LogP contribution is -2.60. The molecule has 2 N–H and O–H groups in total. The molecule has 10 heteroatoms. The van der Waals surface area contributed by atoms with Crippen LogP contribution in [0.2, 0.25) is 0 Å². The molecule has 0 radical (unpaired) electrons. The van der Waals surface area contributed by atoms with E-state index in [1.807, 2.05) is 65.0 Å². The Morgan fingerprint density at radius 3 is 2.20 bits per heavy atom. The van der Waals surface area contributed by atoms with E-state index in [4.69, 9.17) is 9.47 Å². The molecule has 3 aliphatic heterocycles. The summed E-state index contributed by atoms with van der Waals surface area (Å²) in [7, 11) is 1.59. The first-order valence-electron chi connectivity index (χ1n) is 20.1. The van der Waals surface area contributed by atoms with Gasteiger partial charge in [0.15, 0.2) is 5.78 Å². The monoisotopic (exact) mass is 753 g/mol. The lowest BCUT2D eigenvalue weighted by atomic mass is 9.81. The van der Waals surface area contributed by atoms with Crippen LogP contribution in [0.25, 0.3) is 0 Å². The maximum Gasteiger partial charge on any atom is 0.296 e. The van der Waals surface area contributed by atoms with Crippen LogP contribution in [0.15, 0.2) is 47.6 Å². The summed E-state index contributed by atoms with van der Waals surface area (Å²) in [6.07, 6.45) is 13.4. The molecule has 0 spiro atoms. The summed E-state index contributed by atoms with van der Waals surface area (Å²) in [6.45, 7) is 15.2. The Hall–Kier alpha value is -3.05. The number of hydrogen-bond acceptors (Lipinski definition) is 9. The fourth-order valence-electron chi connectivity index (χ4n) is 7.94. The van der Waals surface area contributed by atoms with Gasteiger partial charge in [-0.1, -0.05) is 78.0 Å². The van der Waals surface area contributed by atoms with Crippen LogP contribution < -0.4 is 0 Å². The zero-order valence-corrected chi connectivity index (χ0v) is 34.2. The van der Waals surface area contributed by atoms with Crippen LogP contribution in [0, 0.1) is 35.5 Å². The highest BCUT2D eigenvalue weighted by molar-refractivity contribution is 6.39. The molecular weight excluding hydrogens is 686 g/mol. The molecule has 3 heterocycles. The molecule has 2 fully saturated rings. The number of carbonyl (C=O) groups is 5. The molecule has 1 amide bonds. The van der Waals surface area contributed by atoms with Crippen molar-refractivity contribution in [3.05, 3.63) is 47.6 Å². The number of aliphatic hydroxyl groups excluding tert-OH is 1. The Morgan fingerprint density at radius 1 is 0.852 bits per heavy atom. The standard InChI is InChI=1S/C44H67NO9/c1-27(2)34-23-37(46)31(6)22-32(7)39(48)26-38(47)30(5)21-28(3)15-11-10-12-16-29(4)41(53-9)25-35-19-18-33(8)44(52,54-35)42(50)43(51)45-20-14-13-17-36(45)40(49)24-34/h10-12,15-16,22,27-28,30-31,33-36,39,41,48,52H,13-14,17-21,23-26H2,1-9H3/b12-10?,15-11+,29-16?,32-22+/t28-,30-,31-,33-,34-,35+,36+,39+,41+,44-/m1/s1. The predicted octanol–water partition coefficient (Wildman–Crippen LogP) is 6.67. The molecule has 0 aliphatic carbocycles. The highest BCUT2D eigenvalue weighted by Crippen LogP contribution is 2.37. The molecule has 0 unspecified atom stereocenters. The number of hydrogen-bond donors (Lipinski definition) is 2. The number of aliphatic hydroxyl groups is 2. The Kier molecular flexibility index (Phi) is 17.4. The van der Waals surface area contributed by atoms with E-state index in [0.29, 0.717) is 50.5 Å². The second kappa shape index (κ2) is 20.7. The van der Waals surface area contributed by atoms with Crippen molar-refractivity contribution in [2.24, 2.45) is 35.5 Å². The molecule has 54 heavy (non-hydrogen) atoms. The molecule has 2 saturated heterocycles. The SMILES string of the molecule is CO[C@H]1C[C@@H]2CC[C@@H](C)[C@@](O)(O2)C(=O)C(=O)N2CCCC[C@H]2C(=O)C[C@H](C(C)C)CC(=O)[C@H](C)/C=C(\C)[C@@H](O)CC(=O)[C@H](C)C[C@H](C)/C=C/C=CC=C1C. The van der Waals surface area contributed by atoms with Crippen molar-refractivity contribution in [3.63, 3.8) is 0 Å². The minimum atomic E-state index is -2.34. The summed E-state index contributed by atoms with van der Waals surface area (Å²) in [5.41, 5.74) is 1.47. The van der Waals surface area contributed by atoms with Crippen molar-refractivity contribution < 1.29 is 43.7 Å².